The second kappa shape index (κ2) is 6.29. The van der Waals surface area contributed by atoms with Crippen LogP contribution < -0.4 is 5.73 Å². The number of hydrogen-bond donors (Lipinski definition) is 1. The van der Waals surface area contributed by atoms with Crippen LogP contribution in [0.15, 0.2) is 0 Å². The van der Waals surface area contributed by atoms with Gasteiger partial charge in [0.1, 0.15) is 6.67 Å². The highest BCUT2D eigenvalue weighted by Crippen LogP contribution is 2.09. The van der Waals surface area contributed by atoms with Gasteiger partial charge < -0.3 is 10.5 Å². The van der Waals surface area contributed by atoms with E-state index in [0.29, 0.717) is 13.1 Å². The van der Waals surface area contributed by atoms with Gasteiger partial charge in [-0.15, -0.1) is 0 Å². The van der Waals surface area contributed by atoms with Gasteiger partial charge in [0, 0.05) is 19.6 Å². The molecule has 3 nitrogen and oxygen atoms in total. The van der Waals surface area contributed by atoms with Crippen LogP contribution in [0.25, 0.3) is 0 Å². The first-order chi connectivity index (χ1) is 6.36. The van der Waals surface area contributed by atoms with E-state index in [4.69, 9.17) is 10.5 Å². The molecule has 0 spiro atoms. The Hall–Kier alpha value is -0.190. The van der Waals surface area contributed by atoms with Gasteiger partial charge in [0.05, 0.1) is 12.7 Å². The highest BCUT2D eigenvalue weighted by molar-refractivity contribution is 4.71. The number of rotatable bonds is 5. The van der Waals surface area contributed by atoms with Crippen molar-refractivity contribution in [3.05, 3.63) is 0 Å². The Morgan fingerprint density at radius 1 is 1.54 bits per heavy atom. The zero-order valence-electron chi connectivity index (χ0n) is 8.04. The van der Waals surface area contributed by atoms with Gasteiger partial charge in [0.15, 0.2) is 0 Å². The minimum Gasteiger partial charge on any atom is -0.376 e. The van der Waals surface area contributed by atoms with Crippen molar-refractivity contribution in [2.45, 2.75) is 18.9 Å². The van der Waals surface area contributed by atoms with Crippen molar-refractivity contribution >= 4 is 0 Å². The zero-order chi connectivity index (χ0) is 9.52. The monoisotopic (exact) mass is 190 g/mol. The molecule has 0 bridgehead atoms. The normalized spacial score (nSPS) is 24.9. The SMILES string of the molecule is NCCCC1CN(CCF)CCO1. The molecule has 1 atom stereocenters. The van der Waals surface area contributed by atoms with Gasteiger partial charge in [-0.2, -0.15) is 0 Å². The molecule has 0 amide bonds. The van der Waals surface area contributed by atoms with Crippen LogP contribution in [0.1, 0.15) is 12.8 Å². The molecule has 1 rings (SSSR count). The van der Waals surface area contributed by atoms with Crippen LogP contribution in [0.5, 0.6) is 0 Å². The molecule has 0 radical (unpaired) electrons. The van der Waals surface area contributed by atoms with E-state index in [1.807, 2.05) is 0 Å². The molecule has 1 aliphatic heterocycles. The van der Waals surface area contributed by atoms with Gasteiger partial charge in [-0.25, -0.2) is 4.39 Å². The molecular weight excluding hydrogens is 171 g/mol. The lowest BCUT2D eigenvalue weighted by atomic mass is 10.1. The first-order valence-electron chi connectivity index (χ1n) is 4.97. The molecule has 0 aromatic carbocycles. The van der Waals surface area contributed by atoms with Crippen LogP contribution in [0.3, 0.4) is 0 Å². The van der Waals surface area contributed by atoms with E-state index in [-0.39, 0.29) is 12.8 Å². The van der Waals surface area contributed by atoms with Crippen molar-refractivity contribution in [1.29, 1.82) is 0 Å². The van der Waals surface area contributed by atoms with Crippen LogP contribution in [-0.2, 0) is 4.74 Å². The quantitative estimate of drug-likeness (QED) is 0.682. The van der Waals surface area contributed by atoms with Gasteiger partial charge >= 0.3 is 0 Å². The molecular formula is C9H19FN2O. The van der Waals surface area contributed by atoms with Gasteiger partial charge in [0.2, 0.25) is 0 Å². The van der Waals surface area contributed by atoms with E-state index in [2.05, 4.69) is 4.90 Å². The molecule has 0 saturated carbocycles. The fourth-order valence-corrected chi connectivity index (χ4v) is 1.62. The van der Waals surface area contributed by atoms with Crippen molar-refractivity contribution in [1.82, 2.24) is 4.90 Å². The van der Waals surface area contributed by atoms with Crippen LogP contribution in [0.4, 0.5) is 4.39 Å². The molecule has 13 heavy (non-hydrogen) atoms. The third-order valence-electron chi connectivity index (χ3n) is 2.35. The summed E-state index contributed by atoms with van der Waals surface area (Å²) in [6, 6.07) is 0. The highest BCUT2D eigenvalue weighted by atomic mass is 19.1. The molecule has 1 saturated heterocycles. The number of alkyl halides is 1. The van der Waals surface area contributed by atoms with Crippen molar-refractivity contribution in [3.8, 4) is 0 Å². The molecule has 0 aliphatic carbocycles. The smallest absolute Gasteiger partial charge is 0.102 e. The Balaban J connectivity index is 2.16. The molecule has 2 N–H and O–H groups in total. The van der Waals surface area contributed by atoms with Crippen molar-refractivity contribution in [2.24, 2.45) is 5.73 Å². The maximum Gasteiger partial charge on any atom is 0.102 e. The molecule has 4 heteroatoms. The van der Waals surface area contributed by atoms with E-state index < -0.39 is 0 Å². The van der Waals surface area contributed by atoms with Gasteiger partial charge in [-0.05, 0) is 19.4 Å². The standard InChI is InChI=1S/C9H19FN2O/c10-3-5-12-6-7-13-9(8-12)2-1-4-11/h9H,1-8,11H2. The summed E-state index contributed by atoms with van der Waals surface area (Å²) in [5.41, 5.74) is 5.41. The highest BCUT2D eigenvalue weighted by Gasteiger charge is 2.19. The van der Waals surface area contributed by atoms with Gasteiger partial charge in [-0.1, -0.05) is 0 Å². The molecule has 0 aromatic heterocycles. The fraction of sp³-hybridized carbons (Fsp3) is 1.00. The third kappa shape index (κ3) is 4.02. The second-order valence-corrected chi connectivity index (χ2v) is 3.41. The second-order valence-electron chi connectivity index (χ2n) is 3.41. The summed E-state index contributed by atoms with van der Waals surface area (Å²) in [5, 5.41) is 0. The average molecular weight is 190 g/mol. The summed E-state index contributed by atoms with van der Waals surface area (Å²) < 4.78 is 17.6. The Kier molecular flexibility index (Phi) is 5.27. The average Bonchev–Trinajstić information content (AvgIpc) is 2.16. The zero-order valence-corrected chi connectivity index (χ0v) is 8.04. The Labute approximate surface area is 79.0 Å². The number of hydrogen-bond acceptors (Lipinski definition) is 3. The van der Waals surface area contributed by atoms with E-state index in [0.717, 1.165) is 32.5 Å². The van der Waals surface area contributed by atoms with E-state index in [9.17, 15) is 4.39 Å². The maximum absolute atomic E-state index is 12.1. The largest absolute Gasteiger partial charge is 0.376 e. The molecule has 1 heterocycles. The number of ether oxygens (including phenoxy) is 1. The summed E-state index contributed by atoms with van der Waals surface area (Å²) in [6.45, 7) is 3.46. The van der Waals surface area contributed by atoms with Gasteiger partial charge in [0.25, 0.3) is 0 Å². The predicted molar refractivity (Wildman–Crippen MR) is 50.4 cm³/mol. The van der Waals surface area contributed by atoms with Crippen molar-refractivity contribution in [3.63, 3.8) is 0 Å². The third-order valence-corrected chi connectivity index (χ3v) is 2.35. The van der Waals surface area contributed by atoms with Gasteiger partial charge in [-0.3, -0.25) is 4.90 Å². The van der Waals surface area contributed by atoms with E-state index >= 15 is 0 Å². The Morgan fingerprint density at radius 2 is 2.38 bits per heavy atom. The maximum atomic E-state index is 12.1. The number of nitrogens with zero attached hydrogens (tertiary/aromatic N) is 1. The predicted octanol–water partition coefficient (Wildman–Crippen LogP) is 0.396. The number of nitrogens with two attached hydrogens (primary N) is 1. The lowest BCUT2D eigenvalue weighted by Crippen LogP contribution is -2.43. The summed E-state index contributed by atoms with van der Waals surface area (Å²) in [7, 11) is 0. The van der Waals surface area contributed by atoms with Crippen LogP contribution in [0, 0.1) is 0 Å². The molecule has 0 aromatic rings. The first kappa shape index (κ1) is 10.9. The van der Waals surface area contributed by atoms with Crippen LogP contribution >= 0.6 is 0 Å². The minimum absolute atomic E-state index is 0.260. The Morgan fingerprint density at radius 3 is 3.08 bits per heavy atom. The van der Waals surface area contributed by atoms with E-state index in [1.165, 1.54) is 0 Å². The summed E-state index contributed by atoms with van der Waals surface area (Å²) in [4.78, 5) is 2.12. The molecule has 1 aliphatic rings. The van der Waals surface area contributed by atoms with Crippen LogP contribution in [0.2, 0.25) is 0 Å². The van der Waals surface area contributed by atoms with E-state index in [1.54, 1.807) is 0 Å². The summed E-state index contributed by atoms with van der Waals surface area (Å²) in [5.74, 6) is 0. The summed E-state index contributed by atoms with van der Waals surface area (Å²) >= 11 is 0. The Bertz CT molecular complexity index is 133. The van der Waals surface area contributed by atoms with Crippen molar-refractivity contribution < 1.29 is 9.13 Å². The first-order valence-corrected chi connectivity index (χ1v) is 4.97. The fourth-order valence-electron chi connectivity index (χ4n) is 1.62. The molecule has 1 fully saturated rings. The lowest BCUT2D eigenvalue weighted by Gasteiger charge is -2.32. The molecule has 1 unspecified atom stereocenters. The topological polar surface area (TPSA) is 38.5 Å². The lowest BCUT2D eigenvalue weighted by molar-refractivity contribution is -0.0336. The van der Waals surface area contributed by atoms with Crippen LogP contribution in [-0.4, -0.2) is 50.5 Å². The number of morpholine rings is 1. The molecule has 78 valence electrons. The summed E-state index contributed by atoms with van der Waals surface area (Å²) in [6.07, 6.45) is 2.26. The van der Waals surface area contributed by atoms with Crippen molar-refractivity contribution in [2.75, 3.05) is 39.5 Å². The minimum atomic E-state index is -0.260. The number of halogens is 1.